The van der Waals surface area contributed by atoms with Gasteiger partial charge in [0.25, 0.3) is 11.8 Å². The van der Waals surface area contributed by atoms with E-state index in [4.69, 9.17) is 18.8 Å². The first-order chi connectivity index (χ1) is 32.0. The molecule has 8 aromatic carbocycles. The molecule has 346 valence electrons. The molecule has 0 spiro atoms. The number of hydrogen-bond donors (Lipinski definition) is 0. The lowest BCUT2D eigenvalue weighted by atomic mass is 9.74. The lowest BCUT2D eigenvalue weighted by molar-refractivity contribution is 0.00578. The Morgan fingerprint density at radius 2 is 0.941 bits per heavy atom. The summed E-state index contributed by atoms with van der Waals surface area (Å²) in [5.41, 5.74) is 5.28. The quantitative estimate of drug-likeness (QED) is 0.0654. The van der Waals surface area contributed by atoms with Crippen molar-refractivity contribution in [1.29, 1.82) is 0 Å². The molecule has 2 amide bonds. The molecule has 8 aromatic rings. The van der Waals surface area contributed by atoms with Gasteiger partial charge >= 0.3 is 7.12 Å². The Morgan fingerprint density at radius 1 is 0.515 bits per heavy atom. The van der Waals surface area contributed by atoms with Gasteiger partial charge in [-0.2, -0.15) is 0 Å². The van der Waals surface area contributed by atoms with Crippen molar-refractivity contribution in [2.75, 3.05) is 4.90 Å². The van der Waals surface area contributed by atoms with E-state index >= 15 is 9.59 Å². The monoisotopic (exact) mass is 903 g/mol. The lowest BCUT2D eigenvalue weighted by Gasteiger charge is -2.33. The first-order valence-corrected chi connectivity index (χ1v) is 24.1. The van der Waals surface area contributed by atoms with E-state index in [-0.39, 0.29) is 22.7 Å². The van der Waals surface area contributed by atoms with Gasteiger partial charge in [-0.15, -0.1) is 0 Å². The molecule has 0 N–H and O–H groups in total. The van der Waals surface area contributed by atoms with Gasteiger partial charge in [-0.05, 0) is 136 Å². The molecular formula is C60H62BNO6. The smallest absolute Gasteiger partial charge is 0.457 e. The third-order valence-electron chi connectivity index (χ3n) is 14.8. The Kier molecular flexibility index (Phi) is 10.5. The molecule has 0 aromatic heterocycles. The maximum absolute atomic E-state index is 15.7. The highest BCUT2D eigenvalue weighted by Gasteiger charge is 2.52. The predicted octanol–water partition coefficient (Wildman–Crippen LogP) is 15.3. The molecule has 0 unspecified atom stereocenters. The van der Waals surface area contributed by atoms with Crippen LogP contribution in [0.5, 0.6) is 23.0 Å². The summed E-state index contributed by atoms with van der Waals surface area (Å²) < 4.78 is 27.6. The van der Waals surface area contributed by atoms with Gasteiger partial charge in [0.2, 0.25) is 0 Å². The molecule has 7 nitrogen and oxygen atoms in total. The van der Waals surface area contributed by atoms with Crippen molar-refractivity contribution >= 4 is 73.2 Å². The van der Waals surface area contributed by atoms with Gasteiger partial charge in [0, 0.05) is 21.5 Å². The average Bonchev–Trinajstić information content (AvgIpc) is 3.49. The van der Waals surface area contributed by atoms with Gasteiger partial charge in [-0.3, -0.25) is 9.59 Å². The minimum atomic E-state index is -0.624. The normalized spacial score (nSPS) is 16.2. The summed E-state index contributed by atoms with van der Waals surface area (Å²) in [5.74, 6) is 1.53. The van der Waals surface area contributed by atoms with Crippen LogP contribution in [0.25, 0.3) is 43.1 Å². The van der Waals surface area contributed by atoms with Crippen molar-refractivity contribution in [3.63, 3.8) is 0 Å². The zero-order chi connectivity index (χ0) is 48.6. The highest BCUT2D eigenvalue weighted by atomic mass is 16.7. The predicted molar refractivity (Wildman–Crippen MR) is 280 cm³/mol. The van der Waals surface area contributed by atoms with Crippen molar-refractivity contribution in [1.82, 2.24) is 0 Å². The van der Waals surface area contributed by atoms with Crippen LogP contribution in [-0.2, 0) is 20.1 Å². The molecule has 10 rings (SSSR count). The molecule has 0 aliphatic carbocycles. The Hall–Kier alpha value is -6.22. The summed E-state index contributed by atoms with van der Waals surface area (Å²) in [7, 11) is -0.624. The first-order valence-electron chi connectivity index (χ1n) is 24.1. The van der Waals surface area contributed by atoms with Crippen LogP contribution in [0.15, 0.2) is 109 Å². The van der Waals surface area contributed by atoms with Crippen LogP contribution in [0.2, 0.25) is 0 Å². The second kappa shape index (κ2) is 15.7. The van der Waals surface area contributed by atoms with E-state index < -0.39 is 30.1 Å². The van der Waals surface area contributed by atoms with Gasteiger partial charge < -0.3 is 18.8 Å². The molecule has 0 radical (unpaired) electrons. The summed E-state index contributed by atoms with van der Waals surface area (Å²) in [6, 6.07) is 36.7. The molecule has 1 saturated heterocycles. The molecule has 2 heterocycles. The third kappa shape index (κ3) is 7.17. The maximum atomic E-state index is 15.7. The number of fused-ring (bicyclic) bond motifs is 2. The molecule has 0 atom stereocenters. The van der Waals surface area contributed by atoms with Crippen LogP contribution in [0.3, 0.4) is 0 Å². The number of hydrogen-bond acceptors (Lipinski definition) is 6. The van der Waals surface area contributed by atoms with Crippen molar-refractivity contribution in [2.45, 2.75) is 131 Å². The van der Waals surface area contributed by atoms with Crippen LogP contribution in [-0.4, -0.2) is 30.1 Å². The van der Waals surface area contributed by atoms with E-state index in [1.165, 1.54) is 16.0 Å². The minimum Gasteiger partial charge on any atom is -0.457 e. The van der Waals surface area contributed by atoms with Crippen LogP contribution >= 0.6 is 0 Å². The van der Waals surface area contributed by atoms with Crippen LogP contribution in [0.4, 0.5) is 5.69 Å². The number of anilines is 1. The summed E-state index contributed by atoms with van der Waals surface area (Å²) in [6.45, 7) is 29.8. The zero-order valence-electron chi connectivity index (χ0n) is 42.0. The SMILES string of the molecule is CC(C)c1cccc(C(C)C)c1N1C(=O)c2cc(Oc3ccc(C(C)(C)C)cc3)c3c4cccc5c(B6OC(C)(C)C(C)(C)O6)ccc(c6c(Oc7ccc(C(C)(C)C)cc7)cc(c2c36)C1=O)c54. The highest BCUT2D eigenvalue weighted by Crippen LogP contribution is 2.53. The molecular weight excluding hydrogens is 841 g/mol. The summed E-state index contributed by atoms with van der Waals surface area (Å²) in [6.07, 6.45) is 0. The van der Waals surface area contributed by atoms with Crippen molar-refractivity contribution < 1.29 is 28.4 Å². The number of ether oxygens (including phenoxy) is 2. The van der Waals surface area contributed by atoms with Gasteiger partial charge in [0.1, 0.15) is 23.0 Å². The Morgan fingerprint density at radius 3 is 1.38 bits per heavy atom. The summed E-state index contributed by atoms with van der Waals surface area (Å²) >= 11 is 0. The number of para-hydroxylation sites is 1. The standard InChI is InChI=1S/C60H62BNO6/c1-33(2)39-17-15-18-40(34(3)4)54(39)62-55(63)44-31-47(65-37-25-21-35(22-26-37)57(5,6)7)51-42-20-16-19-41-46(61-67-59(11,12)60(13,14)68-61)30-29-43(49(41)42)52-48(32-45(56(62)64)50(44)53(51)52)66-38-27-23-36(24-28-38)58(8,9)10/h15-34H,1-14H3. The molecule has 2 aliphatic heterocycles. The van der Waals surface area contributed by atoms with Crippen molar-refractivity contribution in [3.8, 4) is 23.0 Å². The minimum absolute atomic E-state index is 0.0325. The van der Waals surface area contributed by atoms with E-state index in [9.17, 15) is 0 Å². The number of nitrogens with zero attached hydrogens (tertiary/aromatic N) is 1. The van der Waals surface area contributed by atoms with E-state index in [1.54, 1.807) is 0 Å². The van der Waals surface area contributed by atoms with Gasteiger partial charge in [0.05, 0.1) is 28.0 Å². The van der Waals surface area contributed by atoms with Crippen molar-refractivity contribution in [2.24, 2.45) is 0 Å². The van der Waals surface area contributed by atoms with E-state index in [0.717, 1.165) is 54.3 Å². The Balaban J connectivity index is 1.33. The van der Waals surface area contributed by atoms with Gasteiger partial charge in [-0.25, -0.2) is 4.90 Å². The summed E-state index contributed by atoms with van der Waals surface area (Å²) in [5, 5.41) is 6.61. The fraction of sp³-hybridized carbons (Fsp3) is 0.333. The number of benzene rings is 8. The molecule has 68 heavy (non-hydrogen) atoms. The first kappa shape index (κ1) is 45.6. The summed E-state index contributed by atoms with van der Waals surface area (Å²) in [4.78, 5) is 32.7. The van der Waals surface area contributed by atoms with Crippen LogP contribution < -0.4 is 19.8 Å². The number of amides is 2. The number of carbonyl (C=O) groups excluding carboxylic acids is 2. The topological polar surface area (TPSA) is 74.3 Å². The molecule has 0 saturated carbocycles. The highest BCUT2D eigenvalue weighted by molar-refractivity contribution is 6.66. The van der Waals surface area contributed by atoms with Gasteiger partial charge in [-0.1, -0.05) is 142 Å². The van der Waals surface area contributed by atoms with Crippen LogP contribution in [0.1, 0.15) is 152 Å². The molecule has 8 heteroatoms. The second-order valence-electron chi connectivity index (χ2n) is 22.7. The van der Waals surface area contributed by atoms with Gasteiger partial charge in [0.15, 0.2) is 0 Å². The second-order valence-corrected chi connectivity index (χ2v) is 22.7. The van der Waals surface area contributed by atoms with E-state index in [0.29, 0.717) is 45.2 Å². The average molecular weight is 904 g/mol. The Bertz CT molecular complexity index is 3170. The van der Waals surface area contributed by atoms with E-state index in [1.807, 2.05) is 54.6 Å². The maximum Gasteiger partial charge on any atom is 0.495 e. The van der Waals surface area contributed by atoms with Crippen molar-refractivity contribution in [3.05, 3.63) is 143 Å². The molecule has 0 bridgehead atoms. The van der Waals surface area contributed by atoms with Crippen LogP contribution in [0, 0.1) is 0 Å². The largest absolute Gasteiger partial charge is 0.495 e. The number of imide groups is 1. The zero-order valence-corrected chi connectivity index (χ0v) is 42.0. The third-order valence-corrected chi connectivity index (χ3v) is 14.8. The number of carbonyl (C=O) groups is 2. The fourth-order valence-corrected chi connectivity index (χ4v) is 10.2. The van der Waals surface area contributed by atoms with E-state index in [2.05, 4.69) is 152 Å². The Labute approximate surface area is 401 Å². The molecule has 1 fully saturated rings. The fourth-order valence-electron chi connectivity index (χ4n) is 10.2. The lowest BCUT2D eigenvalue weighted by Crippen LogP contribution is -2.42. The molecule has 2 aliphatic rings. The number of rotatable bonds is 8.